The highest BCUT2D eigenvalue weighted by molar-refractivity contribution is 5.64. The van der Waals surface area contributed by atoms with Crippen molar-refractivity contribution in [1.82, 2.24) is 9.73 Å². The van der Waals surface area contributed by atoms with Crippen molar-refractivity contribution < 1.29 is 9.62 Å². The van der Waals surface area contributed by atoms with Crippen molar-refractivity contribution in [2.45, 2.75) is 32.6 Å². The third-order valence-corrected chi connectivity index (χ3v) is 4.85. The number of benzene rings is 2. The average Bonchev–Trinajstić information content (AvgIpc) is 3.29. The third-order valence-electron chi connectivity index (χ3n) is 4.85. The van der Waals surface area contributed by atoms with E-state index in [-0.39, 0.29) is 5.76 Å². The Kier molecular flexibility index (Phi) is 4.88. The van der Waals surface area contributed by atoms with Crippen molar-refractivity contribution in [2.24, 2.45) is 0 Å². The van der Waals surface area contributed by atoms with Gasteiger partial charge in [0.05, 0.1) is 11.3 Å². The van der Waals surface area contributed by atoms with E-state index in [1.807, 2.05) is 71.4 Å². The Hall–Kier alpha value is -3.14. The van der Waals surface area contributed by atoms with Gasteiger partial charge in [-0.1, -0.05) is 80.4 Å². The van der Waals surface area contributed by atoms with E-state index in [0.717, 1.165) is 29.8 Å². The standard InChI is InChI=1S/C23H23N3O/c1-2-3-6-15-20-16-17-25-24-21(18-11-7-4-8-12-18)22(26(20)25)23(27)19-13-9-5-10-14-19/h4-5,7-14,16-17H,2-3,6,15H2,1H3. The normalized spacial score (nSPS) is 12.5. The summed E-state index contributed by atoms with van der Waals surface area (Å²) in [4.78, 5) is 0. The van der Waals surface area contributed by atoms with Crippen LogP contribution in [0.15, 0.2) is 72.9 Å². The van der Waals surface area contributed by atoms with Crippen LogP contribution in [0.4, 0.5) is 0 Å². The molecule has 0 atom stereocenters. The van der Waals surface area contributed by atoms with Gasteiger partial charge in [-0.3, -0.25) is 0 Å². The fourth-order valence-electron chi connectivity index (χ4n) is 3.46. The maximum atomic E-state index is 13.4. The van der Waals surface area contributed by atoms with E-state index < -0.39 is 0 Å². The highest BCUT2D eigenvalue weighted by atomic mass is 16.3. The van der Waals surface area contributed by atoms with Gasteiger partial charge in [0.15, 0.2) is 0 Å². The van der Waals surface area contributed by atoms with Crippen LogP contribution in [0.3, 0.4) is 0 Å². The first-order valence-electron chi connectivity index (χ1n) is 9.54. The smallest absolute Gasteiger partial charge is 0.256 e. The summed E-state index contributed by atoms with van der Waals surface area (Å²) in [6.07, 6.45) is 6.33. The van der Waals surface area contributed by atoms with Crippen LogP contribution >= 0.6 is 0 Å². The van der Waals surface area contributed by atoms with Crippen molar-refractivity contribution in [3.63, 3.8) is 0 Å². The van der Waals surface area contributed by atoms with E-state index in [0.29, 0.717) is 10.9 Å². The van der Waals surface area contributed by atoms with E-state index in [2.05, 4.69) is 13.0 Å². The lowest BCUT2D eigenvalue weighted by Crippen LogP contribution is -2.47. The average molecular weight is 357 g/mol. The second-order valence-electron chi connectivity index (χ2n) is 6.75. The van der Waals surface area contributed by atoms with E-state index >= 15 is 0 Å². The van der Waals surface area contributed by atoms with Crippen LogP contribution in [0.2, 0.25) is 0 Å². The molecular weight excluding hydrogens is 334 g/mol. The van der Waals surface area contributed by atoms with Gasteiger partial charge in [0.1, 0.15) is 5.69 Å². The van der Waals surface area contributed by atoms with Crippen molar-refractivity contribution in [1.29, 1.82) is 0 Å². The minimum atomic E-state index is -0.00241. The van der Waals surface area contributed by atoms with Crippen LogP contribution in [0.25, 0.3) is 17.0 Å². The number of nitrogens with zero attached hydrogens (tertiary/aromatic N) is 3. The molecule has 0 unspecified atom stereocenters. The maximum Gasteiger partial charge on any atom is 0.256 e. The molecule has 0 aliphatic heterocycles. The fourth-order valence-corrected chi connectivity index (χ4v) is 3.46. The van der Waals surface area contributed by atoms with E-state index in [1.165, 1.54) is 12.8 Å². The number of aromatic nitrogens is 3. The Bertz CT molecular complexity index is 1090. The molecule has 27 heavy (non-hydrogen) atoms. The van der Waals surface area contributed by atoms with E-state index in [9.17, 15) is 5.11 Å². The second kappa shape index (κ2) is 7.62. The van der Waals surface area contributed by atoms with Crippen molar-refractivity contribution in [2.75, 3.05) is 0 Å². The van der Waals surface area contributed by atoms with E-state index in [4.69, 9.17) is 5.10 Å². The largest absolute Gasteiger partial charge is 0.869 e. The number of hydrogen-bond acceptors (Lipinski definition) is 2. The summed E-state index contributed by atoms with van der Waals surface area (Å²) in [6.45, 7) is 2.20. The molecule has 4 rings (SSSR count). The summed E-state index contributed by atoms with van der Waals surface area (Å²) in [5.41, 5.74) is 3.48. The molecule has 136 valence electrons. The molecule has 2 aromatic carbocycles. The van der Waals surface area contributed by atoms with Gasteiger partial charge in [0.2, 0.25) is 5.35 Å². The minimum Gasteiger partial charge on any atom is -0.869 e. The van der Waals surface area contributed by atoms with Gasteiger partial charge in [-0.15, -0.1) is 4.52 Å². The predicted molar refractivity (Wildman–Crippen MR) is 104 cm³/mol. The Labute approximate surface area is 159 Å². The summed E-state index contributed by atoms with van der Waals surface area (Å²) >= 11 is 0. The molecule has 2 aromatic heterocycles. The molecule has 4 aromatic rings. The second-order valence-corrected chi connectivity index (χ2v) is 6.75. The first-order chi connectivity index (χ1) is 13.3. The lowest BCUT2D eigenvalue weighted by molar-refractivity contribution is -0.640. The van der Waals surface area contributed by atoms with Gasteiger partial charge in [-0.05, 0) is 22.4 Å². The molecule has 4 nitrogen and oxygen atoms in total. The Morgan fingerprint density at radius 3 is 2.37 bits per heavy atom. The first kappa shape index (κ1) is 17.3. The summed E-state index contributed by atoms with van der Waals surface area (Å²) in [5.74, 6) is -0.00241. The van der Waals surface area contributed by atoms with Gasteiger partial charge in [0.25, 0.3) is 5.69 Å². The lowest BCUT2D eigenvalue weighted by atomic mass is 10.1. The highest BCUT2D eigenvalue weighted by Gasteiger charge is 2.22. The topological polar surface area (TPSA) is 44.5 Å². The molecule has 0 aliphatic carbocycles. The van der Waals surface area contributed by atoms with Gasteiger partial charge in [-0.25, -0.2) is 0 Å². The Morgan fingerprint density at radius 1 is 0.963 bits per heavy atom. The number of hydrogen-bond donors (Lipinski definition) is 0. The lowest BCUT2D eigenvalue weighted by Gasteiger charge is -2.09. The van der Waals surface area contributed by atoms with Crippen LogP contribution in [0.1, 0.15) is 37.4 Å². The molecule has 0 fully saturated rings. The molecular formula is C23H23N3O. The molecule has 0 radical (unpaired) electrons. The molecule has 0 bridgehead atoms. The van der Waals surface area contributed by atoms with Gasteiger partial charge >= 0.3 is 0 Å². The first-order valence-corrected chi connectivity index (χ1v) is 9.54. The summed E-state index contributed by atoms with van der Waals surface area (Å²) in [6, 6.07) is 21.4. The zero-order chi connectivity index (χ0) is 18.6. The van der Waals surface area contributed by atoms with Crippen LogP contribution in [0.5, 0.6) is 0 Å². The zero-order valence-electron chi connectivity index (χ0n) is 15.5. The molecule has 0 amide bonds. The van der Waals surface area contributed by atoms with E-state index in [1.54, 1.807) is 4.63 Å². The third kappa shape index (κ3) is 3.31. The monoisotopic (exact) mass is 357 g/mol. The number of unbranched alkanes of at least 4 members (excludes halogenated alkanes) is 2. The quantitative estimate of drug-likeness (QED) is 0.393. The minimum absolute atomic E-state index is 0.00241. The maximum absolute atomic E-state index is 13.4. The van der Waals surface area contributed by atoms with Crippen molar-refractivity contribution in [3.05, 3.63) is 89.5 Å². The van der Waals surface area contributed by atoms with Gasteiger partial charge in [0, 0.05) is 18.1 Å². The van der Waals surface area contributed by atoms with Crippen LogP contribution in [-0.4, -0.2) is 9.73 Å². The van der Waals surface area contributed by atoms with Crippen molar-refractivity contribution in [3.8, 4) is 11.3 Å². The summed E-state index contributed by atoms with van der Waals surface area (Å²) < 4.78 is 3.77. The number of aryl methyl sites for hydroxylation is 1. The highest BCUT2D eigenvalue weighted by Crippen LogP contribution is 2.14. The summed E-state index contributed by atoms with van der Waals surface area (Å²) in [5, 5.41) is 18.8. The molecule has 0 saturated heterocycles. The van der Waals surface area contributed by atoms with Crippen molar-refractivity contribution >= 4 is 5.76 Å². The molecule has 4 heteroatoms. The molecule has 2 heterocycles. The Balaban J connectivity index is 1.99. The summed E-state index contributed by atoms with van der Waals surface area (Å²) in [7, 11) is 0. The molecule has 0 aliphatic rings. The van der Waals surface area contributed by atoms with Crippen LogP contribution in [-0.2, 0) is 6.42 Å². The molecule has 0 N–H and O–H groups in total. The SMILES string of the molecule is CCCCCc1ccn2nc(-c3ccccc3)/c(=C(\[O-])c3ccccc3)[n+]12. The molecule has 0 spiro atoms. The number of rotatable bonds is 6. The Morgan fingerprint density at radius 2 is 1.67 bits per heavy atom. The predicted octanol–water partition coefficient (Wildman–Crippen LogP) is 2.56. The molecule has 0 saturated carbocycles. The zero-order valence-corrected chi connectivity index (χ0v) is 15.5. The fraction of sp³-hybridized carbons (Fsp3) is 0.217. The van der Waals surface area contributed by atoms with Crippen LogP contribution < -0.4 is 15.0 Å². The number of fused-ring (bicyclic) bond motifs is 1. The van der Waals surface area contributed by atoms with Gasteiger partial charge < -0.3 is 5.11 Å². The van der Waals surface area contributed by atoms with Gasteiger partial charge in [-0.2, -0.15) is 0 Å². The van der Waals surface area contributed by atoms with Crippen LogP contribution in [0, 0.1) is 0 Å².